The van der Waals surface area contributed by atoms with Crippen molar-refractivity contribution in [2.24, 2.45) is 10.8 Å². The molecule has 0 bridgehead atoms. The summed E-state index contributed by atoms with van der Waals surface area (Å²) < 4.78 is 25.7. The van der Waals surface area contributed by atoms with Gasteiger partial charge in [-0.15, -0.1) is 0 Å². The number of carbonyl (C=O) groups is 4. The second-order valence-electron chi connectivity index (χ2n) is 28.4. The van der Waals surface area contributed by atoms with Crippen molar-refractivity contribution in [3.63, 3.8) is 0 Å². The minimum absolute atomic E-state index is 0.257. The van der Waals surface area contributed by atoms with Crippen molar-refractivity contribution in [1.29, 1.82) is 0 Å². The zero-order valence-corrected chi connectivity index (χ0v) is 49.3. The van der Waals surface area contributed by atoms with Crippen molar-refractivity contribution in [3.05, 3.63) is 0 Å². The average Bonchev–Trinajstić information content (AvgIpc) is 3.22. The van der Waals surface area contributed by atoms with Gasteiger partial charge in [-0.1, -0.05) is 78.1 Å². The van der Waals surface area contributed by atoms with Crippen LogP contribution in [0.15, 0.2) is 0 Å². The third kappa shape index (κ3) is 15.6. The molecule has 0 saturated carbocycles. The van der Waals surface area contributed by atoms with Gasteiger partial charge in [0.25, 0.3) is 0 Å². The Morgan fingerprint density at radius 2 is 0.589 bits per heavy atom. The third-order valence-electron chi connectivity index (χ3n) is 17.0. The van der Waals surface area contributed by atoms with Crippen molar-refractivity contribution in [2.45, 2.75) is 335 Å². The molecule has 4 aliphatic rings. The van der Waals surface area contributed by atoms with Crippen molar-refractivity contribution in [2.75, 3.05) is 0 Å². The standard InChI is InChI=1S/C58H106N4O11/c1-19-21-29-57(45(63)70-41-33-49(3,4)59-50(5,6)34-41,46(64)71-42-35-51(7,8)60(67)52(9,10)36-42)31-27-25-23-24-26-28-32-58(30-22-20-2,47(65)72-43-37-53(11,12)61(68)54(13,14)38-43)48(66)73-44-39-55(15,16)62(69)56(17,18)40-44/h41-44,59,67-69H,19-40H2,1-18H3. The van der Waals surface area contributed by atoms with Gasteiger partial charge in [0.05, 0.1) is 0 Å². The number of carbonyl (C=O) groups excluding carboxylic acids is 4. The second-order valence-corrected chi connectivity index (χ2v) is 28.4. The molecule has 4 saturated heterocycles. The molecule has 0 aromatic carbocycles. The van der Waals surface area contributed by atoms with Crippen LogP contribution in [0.2, 0.25) is 0 Å². The van der Waals surface area contributed by atoms with E-state index in [-0.39, 0.29) is 36.4 Å². The van der Waals surface area contributed by atoms with Gasteiger partial charge in [0.2, 0.25) is 0 Å². The third-order valence-corrected chi connectivity index (χ3v) is 17.0. The van der Waals surface area contributed by atoms with E-state index in [2.05, 4.69) is 39.9 Å². The van der Waals surface area contributed by atoms with E-state index in [4.69, 9.17) is 18.9 Å². The van der Waals surface area contributed by atoms with Gasteiger partial charge < -0.3 is 39.9 Å². The van der Waals surface area contributed by atoms with E-state index in [1.807, 2.05) is 90.0 Å². The summed E-state index contributed by atoms with van der Waals surface area (Å²) in [5, 5.41) is 40.9. The smallest absolute Gasteiger partial charge is 0.323 e. The number of nitrogens with one attached hydrogen (secondary N) is 1. The van der Waals surface area contributed by atoms with Gasteiger partial charge in [-0.2, -0.15) is 15.2 Å². The minimum atomic E-state index is -1.54. The Bertz CT molecular complexity index is 1750. The lowest BCUT2D eigenvalue weighted by molar-refractivity contribution is -0.263. The Morgan fingerprint density at radius 1 is 0.384 bits per heavy atom. The first kappa shape index (κ1) is 63.1. The van der Waals surface area contributed by atoms with E-state index in [0.29, 0.717) is 83.5 Å². The highest BCUT2D eigenvalue weighted by Gasteiger charge is 2.56. The molecular weight excluding hydrogens is 929 g/mol. The van der Waals surface area contributed by atoms with Crippen LogP contribution in [0.3, 0.4) is 0 Å². The predicted molar refractivity (Wildman–Crippen MR) is 284 cm³/mol. The number of hydroxylamine groups is 6. The average molecular weight is 1040 g/mol. The number of rotatable bonds is 23. The highest BCUT2D eigenvalue weighted by atomic mass is 16.6. The topological polar surface area (TPSA) is 188 Å². The molecule has 0 aliphatic carbocycles. The summed E-state index contributed by atoms with van der Waals surface area (Å²) in [6.07, 6.45) is 10.0. The van der Waals surface area contributed by atoms with Crippen molar-refractivity contribution in [3.8, 4) is 0 Å². The van der Waals surface area contributed by atoms with Crippen molar-refractivity contribution >= 4 is 23.9 Å². The molecule has 0 radical (unpaired) electrons. The summed E-state index contributed by atoms with van der Waals surface area (Å²) >= 11 is 0. The highest BCUT2D eigenvalue weighted by Crippen LogP contribution is 2.45. The molecule has 0 aromatic heterocycles. The zero-order valence-electron chi connectivity index (χ0n) is 49.3. The summed E-state index contributed by atoms with van der Waals surface area (Å²) in [5.41, 5.74) is -7.55. The normalized spacial score (nSPS) is 25.3. The maximum atomic E-state index is 14.9. The fourth-order valence-electron chi connectivity index (χ4n) is 13.9. The van der Waals surface area contributed by atoms with Gasteiger partial charge in [0, 0.05) is 95.7 Å². The van der Waals surface area contributed by atoms with Gasteiger partial charge in [-0.3, -0.25) is 19.2 Å². The molecule has 15 heteroatoms. The van der Waals surface area contributed by atoms with Gasteiger partial charge in [0.1, 0.15) is 24.4 Å². The lowest BCUT2D eigenvalue weighted by atomic mass is 9.76. The molecule has 4 rings (SSSR count). The van der Waals surface area contributed by atoms with E-state index in [1.54, 1.807) is 0 Å². The van der Waals surface area contributed by atoms with Crippen LogP contribution < -0.4 is 5.32 Å². The molecule has 1 unspecified atom stereocenters. The molecule has 424 valence electrons. The molecule has 73 heavy (non-hydrogen) atoms. The molecule has 1 atom stereocenters. The number of nitrogens with zero attached hydrogens (tertiary/aromatic N) is 3. The largest absolute Gasteiger partial charge is 0.461 e. The summed E-state index contributed by atoms with van der Waals surface area (Å²) in [4.78, 5) is 59.4. The Balaban J connectivity index is 1.54. The number of piperidine rings is 4. The Kier molecular flexibility index (Phi) is 20.5. The molecule has 15 nitrogen and oxygen atoms in total. The number of ether oxygens (including phenoxy) is 4. The molecule has 0 aromatic rings. The summed E-state index contributed by atoms with van der Waals surface area (Å²) in [7, 11) is 0. The van der Waals surface area contributed by atoms with E-state index in [9.17, 15) is 34.8 Å². The summed E-state index contributed by atoms with van der Waals surface area (Å²) in [5.74, 6) is -2.18. The molecule has 4 fully saturated rings. The van der Waals surface area contributed by atoms with E-state index < -0.39 is 86.3 Å². The Morgan fingerprint density at radius 3 is 0.822 bits per heavy atom. The molecule has 0 spiro atoms. The predicted octanol–water partition coefficient (Wildman–Crippen LogP) is 12.2. The maximum absolute atomic E-state index is 14.9. The number of unbranched alkanes of at least 4 members (excludes halogenated alkanes) is 7. The highest BCUT2D eigenvalue weighted by molar-refractivity contribution is 6.01. The van der Waals surface area contributed by atoms with Crippen LogP contribution in [0.25, 0.3) is 0 Å². The van der Waals surface area contributed by atoms with E-state index in [1.165, 1.54) is 15.2 Å². The number of esters is 4. The minimum Gasteiger partial charge on any atom is -0.461 e. The Hall–Kier alpha value is -2.40. The van der Waals surface area contributed by atoms with Crippen LogP contribution in [-0.4, -0.2) is 123 Å². The first-order valence-corrected chi connectivity index (χ1v) is 28.4. The first-order chi connectivity index (χ1) is 33.3. The molecular formula is C58H106N4O11. The summed E-state index contributed by atoms with van der Waals surface area (Å²) in [6.45, 7) is 35.7. The fraction of sp³-hybridized carbons (Fsp3) is 0.931. The van der Waals surface area contributed by atoms with Crippen LogP contribution in [0.4, 0.5) is 0 Å². The SMILES string of the molecule is CCCCC(CCCCCCCCC(CCCC)(C(=O)OC1CC(C)(C)N(O)C(C)(C)C1)C(=O)OC1CC(C)(C)N(O)C(C)(C)C1)(C(=O)OC1CC(C)(C)NC(C)(C)C1)C(=O)OC1CC(C)(C)N(O)C(C)(C)C1. The van der Waals surface area contributed by atoms with E-state index in [0.717, 1.165) is 38.5 Å². The maximum Gasteiger partial charge on any atom is 0.323 e. The first-order valence-electron chi connectivity index (χ1n) is 28.4. The zero-order chi connectivity index (χ0) is 55.4. The van der Waals surface area contributed by atoms with Gasteiger partial charge >= 0.3 is 23.9 Å². The number of hydrogen-bond acceptors (Lipinski definition) is 15. The lowest BCUT2D eigenvalue weighted by Crippen LogP contribution is -2.61. The quantitative estimate of drug-likeness (QED) is 0.0327. The van der Waals surface area contributed by atoms with Crippen LogP contribution in [0.1, 0.15) is 266 Å². The second kappa shape index (κ2) is 23.7. The molecule has 4 heterocycles. The van der Waals surface area contributed by atoms with Crippen LogP contribution in [0, 0.1) is 10.8 Å². The van der Waals surface area contributed by atoms with Crippen molar-refractivity contribution in [1.82, 2.24) is 20.5 Å². The Labute approximate surface area is 442 Å². The molecule has 0 amide bonds. The van der Waals surface area contributed by atoms with E-state index >= 15 is 0 Å². The molecule has 4 aliphatic heterocycles. The summed E-state index contributed by atoms with van der Waals surface area (Å²) in [6, 6.07) is 0. The van der Waals surface area contributed by atoms with Crippen LogP contribution in [-0.2, 0) is 38.1 Å². The molecule has 4 N–H and O–H groups in total. The van der Waals surface area contributed by atoms with Gasteiger partial charge in [0.15, 0.2) is 10.8 Å². The van der Waals surface area contributed by atoms with Crippen LogP contribution >= 0.6 is 0 Å². The van der Waals surface area contributed by atoms with Gasteiger partial charge in [-0.25, -0.2) is 0 Å². The van der Waals surface area contributed by atoms with Crippen LogP contribution in [0.5, 0.6) is 0 Å². The number of hydrogen-bond donors (Lipinski definition) is 4. The van der Waals surface area contributed by atoms with Crippen molar-refractivity contribution < 1.29 is 53.7 Å². The van der Waals surface area contributed by atoms with Gasteiger partial charge in [-0.05, 0) is 136 Å². The fourth-order valence-corrected chi connectivity index (χ4v) is 13.9. The monoisotopic (exact) mass is 1030 g/mol. The lowest BCUT2D eigenvalue weighted by Gasteiger charge is -2.51.